The molecule has 0 radical (unpaired) electrons. The van der Waals surface area contributed by atoms with E-state index < -0.39 is 23.5 Å². The summed E-state index contributed by atoms with van der Waals surface area (Å²) in [5, 5.41) is 9.36. The molecule has 1 heterocycles. The lowest BCUT2D eigenvalue weighted by atomic mass is 9.90. The van der Waals surface area contributed by atoms with Crippen LogP contribution < -0.4 is 9.47 Å². The van der Waals surface area contributed by atoms with E-state index in [4.69, 9.17) is 9.47 Å². The molecule has 0 atom stereocenters. The van der Waals surface area contributed by atoms with E-state index in [1.54, 1.807) is 18.2 Å². The zero-order chi connectivity index (χ0) is 18.5. The molecule has 9 heteroatoms. The average molecular weight is 364 g/mol. The molecule has 0 spiro atoms. The standard InChI is InChI=1S/C16H10F6O3/c17-15(18,19)14(23,16(20,21)22)11-4-1-9(2-5-11)10-3-6-12-13(7-10)25-8-24-12/h1-7,23H,8H2. The minimum atomic E-state index is -5.91. The maximum atomic E-state index is 12.9. The van der Waals surface area contributed by atoms with Crippen molar-refractivity contribution in [1.82, 2.24) is 0 Å². The first kappa shape index (κ1) is 17.4. The predicted octanol–water partition coefficient (Wildman–Crippen LogP) is 4.39. The maximum Gasteiger partial charge on any atom is 0.430 e. The van der Waals surface area contributed by atoms with Gasteiger partial charge in [0.15, 0.2) is 11.5 Å². The Morgan fingerprint density at radius 1 is 0.720 bits per heavy atom. The van der Waals surface area contributed by atoms with Crippen molar-refractivity contribution in [3.8, 4) is 22.6 Å². The molecular weight excluding hydrogens is 354 g/mol. The summed E-state index contributed by atoms with van der Waals surface area (Å²) >= 11 is 0. The highest BCUT2D eigenvalue weighted by Gasteiger charge is 2.71. The SMILES string of the molecule is OC(c1ccc(-c2ccc3c(c2)OCO3)cc1)(C(F)(F)F)C(F)(F)F. The first-order valence-corrected chi connectivity index (χ1v) is 6.90. The van der Waals surface area contributed by atoms with Gasteiger partial charge in [-0.3, -0.25) is 0 Å². The predicted molar refractivity (Wildman–Crippen MR) is 74.0 cm³/mol. The van der Waals surface area contributed by atoms with E-state index in [0.717, 1.165) is 12.1 Å². The quantitative estimate of drug-likeness (QED) is 0.803. The van der Waals surface area contributed by atoms with Crippen LogP contribution in [0.1, 0.15) is 5.56 Å². The topological polar surface area (TPSA) is 38.7 Å². The Morgan fingerprint density at radius 2 is 1.24 bits per heavy atom. The molecule has 0 unspecified atom stereocenters. The number of aliphatic hydroxyl groups is 1. The molecule has 2 aromatic rings. The van der Waals surface area contributed by atoms with E-state index in [9.17, 15) is 31.4 Å². The average Bonchev–Trinajstić information content (AvgIpc) is 2.99. The molecule has 3 nitrogen and oxygen atoms in total. The highest BCUT2D eigenvalue weighted by atomic mass is 19.4. The smallest absolute Gasteiger partial charge is 0.430 e. The van der Waals surface area contributed by atoms with Crippen molar-refractivity contribution in [3.63, 3.8) is 0 Å². The molecule has 0 saturated carbocycles. The fourth-order valence-electron chi connectivity index (χ4n) is 2.47. The lowest BCUT2D eigenvalue weighted by molar-refractivity contribution is -0.376. The van der Waals surface area contributed by atoms with Crippen LogP contribution in [-0.4, -0.2) is 24.3 Å². The second kappa shape index (κ2) is 5.55. The van der Waals surface area contributed by atoms with Gasteiger partial charge in [0, 0.05) is 5.56 Å². The van der Waals surface area contributed by atoms with Crippen LogP contribution in [0.15, 0.2) is 42.5 Å². The lowest BCUT2D eigenvalue weighted by Crippen LogP contribution is -2.53. The van der Waals surface area contributed by atoms with Crippen molar-refractivity contribution < 1.29 is 40.9 Å². The summed E-state index contributed by atoms with van der Waals surface area (Å²) in [7, 11) is 0. The van der Waals surface area contributed by atoms with Gasteiger partial charge in [0.25, 0.3) is 5.60 Å². The molecular formula is C16H10F6O3. The van der Waals surface area contributed by atoms with E-state index in [1.165, 1.54) is 0 Å². The molecule has 3 rings (SSSR count). The number of rotatable bonds is 2. The number of halogens is 6. The number of fused-ring (bicyclic) bond motifs is 1. The summed E-state index contributed by atoms with van der Waals surface area (Å²) in [6.45, 7) is 0.0297. The van der Waals surface area contributed by atoms with Gasteiger partial charge < -0.3 is 14.6 Å². The van der Waals surface area contributed by atoms with E-state index in [0.29, 0.717) is 34.8 Å². The van der Waals surface area contributed by atoms with Gasteiger partial charge in [0.1, 0.15) is 0 Å². The fraction of sp³-hybridized carbons (Fsp3) is 0.250. The number of hydrogen-bond acceptors (Lipinski definition) is 3. The third-order valence-electron chi connectivity index (χ3n) is 3.83. The summed E-state index contributed by atoms with van der Waals surface area (Å²) in [6, 6.07) is 8.04. The lowest BCUT2D eigenvalue weighted by Gasteiger charge is -2.32. The molecule has 0 bridgehead atoms. The highest BCUT2D eigenvalue weighted by molar-refractivity contribution is 5.68. The third-order valence-corrected chi connectivity index (χ3v) is 3.83. The minimum Gasteiger partial charge on any atom is -0.454 e. The molecule has 0 amide bonds. The van der Waals surface area contributed by atoms with Gasteiger partial charge in [-0.15, -0.1) is 0 Å². The molecule has 0 saturated heterocycles. The van der Waals surface area contributed by atoms with Crippen LogP contribution in [0.2, 0.25) is 0 Å². The van der Waals surface area contributed by atoms with Crippen molar-refractivity contribution in [2.45, 2.75) is 18.0 Å². The van der Waals surface area contributed by atoms with Crippen LogP contribution in [0.5, 0.6) is 11.5 Å². The van der Waals surface area contributed by atoms with Crippen LogP contribution in [0.3, 0.4) is 0 Å². The van der Waals surface area contributed by atoms with Gasteiger partial charge >= 0.3 is 12.4 Å². The Bertz CT molecular complexity index is 766. The second-order valence-electron chi connectivity index (χ2n) is 5.35. The van der Waals surface area contributed by atoms with E-state index in [2.05, 4.69) is 0 Å². The normalized spacial score (nSPS) is 14.7. The molecule has 2 aromatic carbocycles. The molecule has 134 valence electrons. The van der Waals surface area contributed by atoms with Crippen molar-refractivity contribution in [2.24, 2.45) is 0 Å². The Kier molecular flexibility index (Phi) is 3.86. The Balaban J connectivity index is 1.99. The van der Waals surface area contributed by atoms with Crippen LogP contribution in [-0.2, 0) is 5.60 Å². The first-order valence-electron chi connectivity index (χ1n) is 6.90. The third kappa shape index (κ3) is 2.78. The van der Waals surface area contributed by atoms with Crippen molar-refractivity contribution >= 4 is 0 Å². The zero-order valence-electron chi connectivity index (χ0n) is 12.3. The molecule has 1 aliphatic heterocycles. The van der Waals surface area contributed by atoms with Crippen LogP contribution in [0.4, 0.5) is 26.3 Å². The van der Waals surface area contributed by atoms with Gasteiger partial charge in [-0.1, -0.05) is 30.3 Å². The van der Waals surface area contributed by atoms with Crippen molar-refractivity contribution in [2.75, 3.05) is 6.79 Å². The van der Waals surface area contributed by atoms with Gasteiger partial charge in [0.05, 0.1) is 0 Å². The Labute approximate surface area is 137 Å². The van der Waals surface area contributed by atoms with Crippen LogP contribution in [0, 0.1) is 0 Å². The number of ether oxygens (including phenoxy) is 2. The molecule has 1 aliphatic rings. The summed E-state index contributed by atoms with van der Waals surface area (Å²) in [4.78, 5) is 0. The Hall–Kier alpha value is -2.42. The van der Waals surface area contributed by atoms with Gasteiger partial charge in [0.2, 0.25) is 6.79 Å². The van der Waals surface area contributed by atoms with Crippen LogP contribution >= 0.6 is 0 Å². The number of hydrogen-bond donors (Lipinski definition) is 1. The van der Waals surface area contributed by atoms with Gasteiger partial charge in [-0.05, 0) is 23.3 Å². The van der Waals surface area contributed by atoms with Gasteiger partial charge in [-0.25, -0.2) is 0 Å². The zero-order valence-corrected chi connectivity index (χ0v) is 12.3. The van der Waals surface area contributed by atoms with Crippen LogP contribution in [0.25, 0.3) is 11.1 Å². The molecule has 0 fully saturated rings. The van der Waals surface area contributed by atoms with Crippen molar-refractivity contribution in [3.05, 3.63) is 48.0 Å². The molecule has 1 N–H and O–H groups in total. The summed E-state index contributed by atoms with van der Waals surface area (Å²) in [5.74, 6) is 0.910. The van der Waals surface area contributed by atoms with Gasteiger partial charge in [-0.2, -0.15) is 26.3 Å². The first-order chi connectivity index (χ1) is 11.5. The second-order valence-corrected chi connectivity index (χ2v) is 5.35. The highest BCUT2D eigenvalue weighted by Crippen LogP contribution is 2.50. The summed E-state index contributed by atoms with van der Waals surface area (Å²) in [6.07, 6.45) is -11.8. The van der Waals surface area contributed by atoms with E-state index >= 15 is 0 Å². The maximum absolute atomic E-state index is 12.9. The molecule has 25 heavy (non-hydrogen) atoms. The largest absolute Gasteiger partial charge is 0.454 e. The minimum absolute atomic E-state index is 0.0297. The molecule has 0 aliphatic carbocycles. The fourth-order valence-corrected chi connectivity index (χ4v) is 2.47. The van der Waals surface area contributed by atoms with E-state index in [-0.39, 0.29) is 6.79 Å². The summed E-state index contributed by atoms with van der Waals surface area (Å²) < 4.78 is 87.4. The Morgan fingerprint density at radius 3 is 1.80 bits per heavy atom. The summed E-state index contributed by atoms with van der Waals surface area (Å²) in [5.41, 5.74) is -5.38. The molecule has 0 aromatic heterocycles. The van der Waals surface area contributed by atoms with Crippen molar-refractivity contribution in [1.29, 1.82) is 0 Å². The van der Waals surface area contributed by atoms with E-state index in [1.807, 2.05) is 0 Å². The monoisotopic (exact) mass is 364 g/mol. The number of benzene rings is 2. The number of alkyl halides is 6.